The molecular weight excluding hydrogens is 216 g/mol. The van der Waals surface area contributed by atoms with E-state index in [1.165, 1.54) is 0 Å². The molecule has 2 aliphatic carbocycles. The van der Waals surface area contributed by atoms with E-state index in [0.29, 0.717) is 24.9 Å². The Morgan fingerprint density at radius 2 is 2.18 bits per heavy atom. The number of fused-ring (bicyclic) bond motifs is 2. The lowest BCUT2D eigenvalue weighted by molar-refractivity contribution is -0.149. The molecule has 2 rings (SSSR count). The number of ether oxygens (including phenoxy) is 1. The van der Waals surface area contributed by atoms with Crippen LogP contribution >= 0.6 is 0 Å². The van der Waals surface area contributed by atoms with Gasteiger partial charge < -0.3 is 9.84 Å². The summed E-state index contributed by atoms with van der Waals surface area (Å²) >= 11 is 0. The Labute approximate surface area is 103 Å². The average Bonchev–Trinajstić information content (AvgIpc) is 2.84. The maximum absolute atomic E-state index is 11.8. The van der Waals surface area contributed by atoms with Crippen LogP contribution in [0.2, 0.25) is 0 Å². The van der Waals surface area contributed by atoms with E-state index in [0.717, 1.165) is 19.3 Å². The largest absolute Gasteiger partial charge is 0.465 e. The fourth-order valence-electron chi connectivity index (χ4n) is 2.84. The van der Waals surface area contributed by atoms with Gasteiger partial charge in [0.05, 0.1) is 18.1 Å². The van der Waals surface area contributed by atoms with Gasteiger partial charge in [0.2, 0.25) is 0 Å². The van der Waals surface area contributed by atoms with Crippen molar-refractivity contribution in [2.24, 2.45) is 17.8 Å². The standard InChI is InChI=1S/C14H22O3/c1-14(2,16)6-3-7-17-13(15)12-9-10-4-5-11(12)8-10/h4-5,10-12,16H,3,6-9H2,1-2H3. The van der Waals surface area contributed by atoms with Crippen molar-refractivity contribution in [3.8, 4) is 0 Å². The van der Waals surface area contributed by atoms with Crippen molar-refractivity contribution >= 4 is 5.97 Å². The van der Waals surface area contributed by atoms with Gasteiger partial charge in [0, 0.05) is 0 Å². The molecule has 3 atom stereocenters. The second-order valence-corrected chi connectivity index (χ2v) is 5.97. The van der Waals surface area contributed by atoms with E-state index in [1.54, 1.807) is 13.8 Å². The van der Waals surface area contributed by atoms with Crippen molar-refractivity contribution < 1.29 is 14.6 Å². The topological polar surface area (TPSA) is 46.5 Å². The Balaban J connectivity index is 1.67. The molecule has 1 N–H and O–H groups in total. The van der Waals surface area contributed by atoms with Crippen LogP contribution in [0.25, 0.3) is 0 Å². The van der Waals surface area contributed by atoms with Crippen LogP contribution in [0.3, 0.4) is 0 Å². The van der Waals surface area contributed by atoms with Gasteiger partial charge in [0.1, 0.15) is 0 Å². The highest BCUT2D eigenvalue weighted by Gasteiger charge is 2.40. The summed E-state index contributed by atoms with van der Waals surface area (Å²) in [5.74, 6) is 1.07. The third kappa shape index (κ3) is 3.32. The lowest BCUT2D eigenvalue weighted by Gasteiger charge is -2.19. The Bertz CT molecular complexity index is 314. The Hall–Kier alpha value is -0.830. The highest BCUT2D eigenvalue weighted by Crippen LogP contribution is 2.43. The molecular formula is C14H22O3. The molecule has 0 saturated heterocycles. The van der Waals surface area contributed by atoms with Gasteiger partial charge >= 0.3 is 5.97 Å². The monoisotopic (exact) mass is 238 g/mol. The summed E-state index contributed by atoms with van der Waals surface area (Å²) in [7, 11) is 0. The molecule has 0 aromatic rings. The number of allylic oxidation sites excluding steroid dienone is 2. The first-order valence-electron chi connectivity index (χ1n) is 6.53. The van der Waals surface area contributed by atoms with Gasteiger partial charge in [-0.1, -0.05) is 12.2 Å². The van der Waals surface area contributed by atoms with Crippen LogP contribution in [0, 0.1) is 17.8 Å². The molecule has 0 amide bonds. The molecule has 1 saturated carbocycles. The highest BCUT2D eigenvalue weighted by atomic mass is 16.5. The summed E-state index contributed by atoms with van der Waals surface area (Å²) in [6.07, 6.45) is 7.87. The van der Waals surface area contributed by atoms with Crippen LogP contribution in [0.1, 0.15) is 39.5 Å². The van der Waals surface area contributed by atoms with Gasteiger partial charge in [0.25, 0.3) is 0 Å². The summed E-state index contributed by atoms with van der Waals surface area (Å²) in [6, 6.07) is 0. The maximum Gasteiger partial charge on any atom is 0.309 e. The molecule has 0 spiro atoms. The highest BCUT2D eigenvalue weighted by molar-refractivity contribution is 5.74. The molecule has 2 bridgehead atoms. The van der Waals surface area contributed by atoms with Crippen LogP contribution in [-0.4, -0.2) is 23.3 Å². The molecule has 3 nitrogen and oxygen atoms in total. The quantitative estimate of drug-likeness (QED) is 0.454. The van der Waals surface area contributed by atoms with Crippen LogP contribution in [-0.2, 0) is 9.53 Å². The molecule has 0 heterocycles. The normalized spacial score (nSPS) is 30.9. The number of aliphatic hydroxyl groups is 1. The Morgan fingerprint density at radius 3 is 2.71 bits per heavy atom. The predicted molar refractivity (Wildman–Crippen MR) is 65.3 cm³/mol. The summed E-state index contributed by atoms with van der Waals surface area (Å²) in [6.45, 7) is 3.98. The lowest BCUT2D eigenvalue weighted by Crippen LogP contribution is -2.23. The average molecular weight is 238 g/mol. The zero-order valence-electron chi connectivity index (χ0n) is 10.7. The van der Waals surface area contributed by atoms with Crippen molar-refractivity contribution in [1.82, 2.24) is 0 Å². The van der Waals surface area contributed by atoms with Crippen LogP contribution in [0.15, 0.2) is 12.2 Å². The molecule has 0 aliphatic heterocycles. The molecule has 0 aromatic carbocycles. The smallest absolute Gasteiger partial charge is 0.309 e. The first-order valence-corrected chi connectivity index (χ1v) is 6.53. The molecule has 1 fully saturated rings. The molecule has 0 radical (unpaired) electrons. The van der Waals surface area contributed by atoms with E-state index in [4.69, 9.17) is 4.74 Å². The summed E-state index contributed by atoms with van der Waals surface area (Å²) in [5.41, 5.74) is -0.665. The minimum Gasteiger partial charge on any atom is -0.465 e. The van der Waals surface area contributed by atoms with E-state index in [9.17, 15) is 9.90 Å². The van der Waals surface area contributed by atoms with Crippen molar-refractivity contribution in [2.45, 2.75) is 45.1 Å². The van der Waals surface area contributed by atoms with Crippen molar-refractivity contribution in [2.75, 3.05) is 6.61 Å². The molecule has 3 heteroatoms. The van der Waals surface area contributed by atoms with E-state index in [-0.39, 0.29) is 11.9 Å². The number of hydrogen-bond acceptors (Lipinski definition) is 3. The third-order valence-corrected chi connectivity index (χ3v) is 3.76. The molecule has 3 unspecified atom stereocenters. The predicted octanol–water partition coefficient (Wildman–Crippen LogP) is 2.29. The second kappa shape index (κ2) is 4.81. The number of hydrogen-bond donors (Lipinski definition) is 1. The van der Waals surface area contributed by atoms with E-state index in [1.807, 2.05) is 0 Å². The third-order valence-electron chi connectivity index (χ3n) is 3.76. The van der Waals surface area contributed by atoms with Gasteiger partial charge in [-0.2, -0.15) is 0 Å². The SMILES string of the molecule is CC(C)(O)CCCOC(=O)C1CC2C=CC1C2. The molecule has 96 valence electrons. The fraction of sp³-hybridized carbons (Fsp3) is 0.786. The van der Waals surface area contributed by atoms with Crippen LogP contribution < -0.4 is 0 Å². The zero-order chi connectivity index (χ0) is 12.5. The van der Waals surface area contributed by atoms with E-state index >= 15 is 0 Å². The lowest BCUT2D eigenvalue weighted by atomic mass is 9.94. The van der Waals surface area contributed by atoms with E-state index in [2.05, 4.69) is 12.2 Å². The van der Waals surface area contributed by atoms with Gasteiger partial charge in [-0.3, -0.25) is 4.79 Å². The van der Waals surface area contributed by atoms with Gasteiger partial charge in [-0.15, -0.1) is 0 Å². The first-order chi connectivity index (χ1) is 7.96. The van der Waals surface area contributed by atoms with Gasteiger partial charge in [-0.25, -0.2) is 0 Å². The molecule has 17 heavy (non-hydrogen) atoms. The number of esters is 1. The minimum absolute atomic E-state index is 0.0439. The summed E-state index contributed by atoms with van der Waals surface area (Å²) < 4.78 is 5.29. The van der Waals surface area contributed by atoms with Crippen LogP contribution in [0.5, 0.6) is 0 Å². The first kappa shape index (κ1) is 12.6. The Kier molecular flexibility index (Phi) is 3.57. The number of rotatable bonds is 5. The van der Waals surface area contributed by atoms with Crippen molar-refractivity contribution in [3.63, 3.8) is 0 Å². The Morgan fingerprint density at radius 1 is 1.41 bits per heavy atom. The molecule has 0 aromatic heterocycles. The summed E-state index contributed by atoms with van der Waals surface area (Å²) in [4.78, 5) is 11.8. The minimum atomic E-state index is -0.665. The number of carbonyl (C=O) groups is 1. The van der Waals surface area contributed by atoms with Crippen molar-refractivity contribution in [1.29, 1.82) is 0 Å². The van der Waals surface area contributed by atoms with Gasteiger partial charge in [-0.05, 0) is 51.4 Å². The van der Waals surface area contributed by atoms with E-state index < -0.39 is 5.60 Å². The summed E-state index contributed by atoms with van der Waals surface area (Å²) in [5, 5.41) is 9.53. The number of carbonyl (C=O) groups excluding carboxylic acids is 1. The van der Waals surface area contributed by atoms with Crippen LogP contribution in [0.4, 0.5) is 0 Å². The zero-order valence-corrected chi connectivity index (χ0v) is 10.7. The van der Waals surface area contributed by atoms with Gasteiger partial charge in [0.15, 0.2) is 0 Å². The molecule has 2 aliphatic rings. The maximum atomic E-state index is 11.8. The fourth-order valence-corrected chi connectivity index (χ4v) is 2.84. The van der Waals surface area contributed by atoms with Crippen molar-refractivity contribution in [3.05, 3.63) is 12.2 Å². The second-order valence-electron chi connectivity index (χ2n) is 5.97.